The van der Waals surface area contributed by atoms with Crippen molar-refractivity contribution >= 4 is 17.6 Å². The summed E-state index contributed by atoms with van der Waals surface area (Å²) in [5.74, 6) is 0.523. The topological polar surface area (TPSA) is 63.7 Å². The average molecular weight is 391 g/mol. The van der Waals surface area contributed by atoms with E-state index in [1.807, 2.05) is 12.1 Å². The molecule has 0 unspecified atom stereocenters. The lowest BCUT2D eigenvalue weighted by molar-refractivity contribution is 0.0649. The molecule has 2 amide bonds. The quantitative estimate of drug-likeness (QED) is 0.514. The third-order valence-corrected chi connectivity index (χ3v) is 5.81. The Balaban J connectivity index is 1.34. The van der Waals surface area contributed by atoms with Crippen LogP contribution < -0.4 is 4.74 Å². The number of Topliss-reactive ketones (excluding diaryl/α,β-unsaturated/α-hetero) is 1. The number of rotatable bonds is 7. The third-order valence-electron chi connectivity index (χ3n) is 5.81. The van der Waals surface area contributed by atoms with Gasteiger partial charge in [0.2, 0.25) is 0 Å². The molecule has 0 spiro atoms. The fourth-order valence-electron chi connectivity index (χ4n) is 4.13. The summed E-state index contributed by atoms with van der Waals surface area (Å²) in [6, 6.07) is 13.9. The van der Waals surface area contributed by atoms with Crippen LogP contribution >= 0.6 is 0 Å². The minimum atomic E-state index is -0.331. The lowest BCUT2D eigenvalue weighted by atomic mass is 9.90. The number of imide groups is 1. The summed E-state index contributed by atoms with van der Waals surface area (Å²) < 4.78 is 5.92. The van der Waals surface area contributed by atoms with Gasteiger partial charge >= 0.3 is 0 Å². The van der Waals surface area contributed by atoms with Crippen molar-refractivity contribution < 1.29 is 19.1 Å². The van der Waals surface area contributed by atoms with E-state index in [4.69, 9.17) is 4.74 Å². The molecule has 150 valence electrons. The van der Waals surface area contributed by atoms with Crippen LogP contribution in [0.15, 0.2) is 48.5 Å². The highest BCUT2D eigenvalue weighted by Gasteiger charge is 2.35. The SMILES string of the molecule is O=C(CCN1C(=O)c2ccccc2C1=O)c1cccc(OCC2CCCCC2)c1. The van der Waals surface area contributed by atoms with E-state index < -0.39 is 0 Å². The smallest absolute Gasteiger partial charge is 0.261 e. The second-order valence-corrected chi connectivity index (χ2v) is 7.82. The van der Waals surface area contributed by atoms with Crippen LogP contribution in [0.4, 0.5) is 0 Å². The van der Waals surface area contributed by atoms with Crippen molar-refractivity contribution in [2.24, 2.45) is 5.92 Å². The highest BCUT2D eigenvalue weighted by molar-refractivity contribution is 6.21. The molecule has 2 aromatic carbocycles. The molecule has 0 atom stereocenters. The van der Waals surface area contributed by atoms with Gasteiger partial charge in [-0.1, -0.05) is 43.5 Å². The molecular formula is C24H25NO4. The fourth-order valence-corrected chi connectivity index (χ4v) is 4.13. The van der Waals surface area contributed by atoms with Gasteiger partial charge in [-0.15, -0.1) is 0 Å². The van der Waals surface area contributed by atoms with Crippen LogP contribution in [0.3, 0.4) is 0 Å². The lowest BCUT2D eigenvalue weighted by Crippen LogP contribution is -2.31. The molecule has 1 aliphatic heterocycles. The zero-order valence-corrected chi connectivity index (χ0v) is 16.4. The molecule has 0 N–H and O–H groups in total. The van der Waals surface area contributed by atoms with Gasteiger partial charge in [0.05, 0.1) is 17.7 Å². The van der Waals surface area contributed by atoms with Crippen LogP contribution in [0.5, 0.6) is 5.75 Å². The van der Waals surface area contributed by atoms with Crippen LogP contribution in [0, 0.1) is 5.92 Å². The van der Waals surface area contributed by atoms with Crippen molar-refractivity contribution in [2.75, 3.05) is 13.2 Å². The van der Waals surface area contributed by atoms with Gasteiger partial charge in [-0.25, -0.2) is 0 Å². The first kappa shape index (κ1) is 19.4. The molecule has 1 saturated carbocycles. The van der Waals surface area contributed by atoms with Gasteiger partial charge in [0.25, 0.3) is 11.8 Å². The molecule has 1 fully saturated rings. The summed E-state index contributed by atoms with van der Waals surface area (Å²) in [5.41, 5.74) is 1.36. The van der Waals surface area contributed by atoms with E-state index in [0.29, 0.717) is 35.0 Å². The standard InChI is InChI=1S/C24H25NO4/c26-22(13-14-25-23(27)20-11-4-5-12-21(20)24(25)28)18-9-6-10-19(15-18)29-16-17-7-2-1-3-8-17/h4-6,9-12,15,17H,1-3,7-8,13-14,16H2. The van der Waals surface area contributed by atoms with Gasteiger partial charge in [0.1, 0.15) is 5.75 Å². The van der Waals surface area contributed by atoms with E-state index in [2.05, 4.69) is 0 Å². The van der Waals surface area contributed by atoms with Crippen LogP contribution in [0.2, 0.25) is 0 Å². The highest BCUT2D eigenvalue weighted by atomic mass is 16.5. The van der Waals surface area contributed by atoms with E-state index in [0.717, 1.165) is 4.90 Å². The second kappa shape index (κ2) is 8.60. The molecule has 2 aromatic rings. The lowest BCUT2D eigenvalue weighted by Gasteiger charge is -2.21. The zero-order valence-electron chi connectivity index (χ0n) is 16.4. The molecule has 5 nitrogen and oxygen atoms in total. The minimum Gasteiger partial charge on any atom is -0.493 e. The number of fused-ring (bicyclic) bond motifs is 1. The third kappa shape index (κ3) is 4.24. The van der Waals surface area contributed by atoms with E-state index in [9.17, 15) is 14.4 Å². The predicted octanol–water partition coefficient (Wildman–Crippen LogP) is 4.51. The van der Waals surface area contributed by atoms with Crippen LogP contribution in [-0.4, -0.2) is 35.6 Å². The van der Waals surface area contributed by atoms with E-state index in [1.165, 1.54) is 32.1 Å². The van der Waals surface area contributed by atoms with Gasteiger partial charge in [-0.3, -0.25) is 19.3 Å². The number of ketones is 1. The van der Waals surface area contributed by atoms with Gasteiger partial charge in [0, 0.05) is 18.5 Å². The van der Waals surface area contributed by atoms with Gasteiger partial charge < -0.3 is 4.74 Å². The summed E-state index contributed by atoms with van der Waals surface area (Å²) in [4.78, 5) is 38.6. The molecule has 29 heavy (non-hydrogen) atoms. The Bertz CT molecular complexity index is 895. The number of hydrogen-bond donors (Lipinski definition) is 0. The molecule has 2 aliphatic rings. The Morgan fingerprint density at radius 3 is 2.31 bits per heavy atom. The Labute approximate surface area is 170 Å². The van der Waals surface area contributed by atoms with E-state index in [-0.39, 0.29) is 30.6 Å². The maximum absolute atomic E-state index is 12.6. The van der Waals surface area contributed by atoms with Crippen molar-refractivity contribution in [2.45, 2.75) is 38.5 Å². The zero-order chi connectivity index (χ0) is 20.2. The van der Waals surface area contributed by atoms with Crippen molar-refractivity contribution in [3.8, 4) is 5.75 Å². The van der Waals surface area contributed by atoms with Crippen molar-refractivity contribution in [3.05, 3.63) is 65.2 Å². The monoisotopic (exact) mass is 391 g/mol. The number of nitrogens with zero attached hydrogens (tertiary/aromatic N) is 1. The maximum atomic E-state index is 12.6. The Morgan fingerprint density at radius 2 is 1.62 bits per heavy atom. The van der Waals surface area contributed by atoms with Gasteiger partial charge in [0.15, 0.2) is 5.78 Å². The normalized spacial score (nSPS) is 16.8. The molecule has 0 saturated heterocycles. The summed E-state index contributed by atoms with van der Waals surface area (Å²) in [7, 11) is 0. The van der Waals surface area contributed by atoms with Gasteiger partial charge in [-0.05, 0) is 43.0 Å². The molecular weight excluding hydrogens is 366 g/mol. The summed E-state index contributed by atoms with van der Waals surface area (Å²) in [6.45, 7) is 0.769. The number of carbonyl (C=O) groups excluding carboxylic acids is 3. The largest absolute Gasteiger partial charge is 0.493 e. The Hall–Kier alpha value is -2.95. The van der Waals surface area contributed by atoms with E-state index in [1.54, 1.807) is 36.4 Å². The van der Waals surface area contributed by atoms with E-state index >= 15 is 0 Å². The number of ether oxygens (including phenoxy) is 1. The van der Waals surface area contributed by atoms with Crippen LogP contribution in [0.25, 0.3) is 0 Å². The molecule has 0 radical (unpaired) electrons. The number of amides is 2. The highest BCUT2D eigenvalue weighted by Crippen LogP contribution is 2.26. The van der Waals surface area contributed by atoms with Crippen LogP contribution in [0.1, 0.15) is 69.6 Å². The molecule has 5 heteroatoms. The maximum Gasteiger partial charge on any atom is 0.261 e. The average Bonchev–Trinajstić information content (AvgIpc) is 3.01. The first-order valence-electron chi connectivity index (χ1n) is 10.3. The first-order valence-corrected chi connectivity index (χ1v) is 10.3. The Morgan fingerprint density at radius 1 is 0.931 bits per heavy atom. The van der Waals surface area contributed by atoms with Crippen LogP contribution in [-0.2, 0) is 0 Å². The number of carbonyl (C=O) groups is 3. The molecule has 1 heterocycles. The van der Waals surface area contributed by atoms with Crippen molar-refractivity contribution in [1.29, 1.82) is 0 Å². The Kier molecular flexibility index (Phi) is 5.74. The predicted molar refractivity (Wildman–Crippen MR) is 109 cm³/mol. The molecule has 0 bridgehead atoms. The minimum absolute atomic E-state index is 0.0817. The molecule has 4 rings (SSSR count). The summed E-state index contributed by atoms with van der Waals surface area (Å²) in [5, 5.41) is 0. The molecule has 1 aliphatic carbocycles. The first-order chi connectivity index (χ1) is 14.1. The van der Waals surface area contributed by atoms with Crippen molar-refractivity contribution in [1.82, 2.24) is 4.90 Å². The van der Waals surface area contributed by atoms with Gasteiger partial charge in [-0.2, -0.15) is 0 Å². The molecule has 0 aromatic heterocycles. The summed E-state index contributed by atoms with van der Waals surface area (Å²) in [6.07, 6.45) is 6.36. The fraction of sp³-hybridized carbons (Fsp3) is 0.375. The second-order valence-electron chi connectivity index (χ2n) is 7.82. The summed E-state index contributed by atoms with van der Waals surface area (Å²) >= 11 is 0. The number of benzene rings is 2. The van der Waals surface area contributed by atoms with Crippen molar-refractivity contribution in [3.63, 3.8) is 0 Å². The number of hydrogen-bond acceptors (Lipinski definition) is 4.